The Kier molecular flexibility index (Phi) is 6.62. The Balaban J connectivity index is 0.00000180. The molecule has 0 aliphatic carbocycles. The average molecular weight is 389 g/mol. The van der Waals surface area contributed by atoms with E-state index in [-0.39, 0.29) is 24.0 Å². The molecule has 1 N–H and O–H groups in total. The molecule has 1 aliphatic heterocycles. The van der Waals surface area contributed by atoms with Gasteiger partial charge in [0.25, 0.3) is 0 Å². The van der Waals surface area contributed by atoms with E-state index in [9.17, 15) is 0 Å². The standard InChI is InChI=1S/C13H16N3OS.HI/c1-3-4-5-10-17-13(11-14-18-15-13)12-6-8-16(2)9-7-12;/h6-9,11,15H,3-4H2,1-2H3;1H/q+1;/p-1. The molecule has 2 heterocycles. The highest BCUT2D eigenvalue weighted by atomic mass is 127. The highest BCUT2D eigenvalue weighted by Gasteiger charge is 2.36. The van der Waals surface area contributed by atoms with Crippen LogP contribution in [0.3, 0.4) is 0 Å². The van der Waals surface area contributed by atoms with Gasteiger partial charge in [0.1, 0.15) is 13.2 Å². The Morgan fingerprint density at radius 3 is 2.79 bits per heavy atom. The molecular formula is C13H16IN3OS. The molecule has 2 rings (SSSR count). The summed E-state index contributed by atoms with van der Waals surface area (Å²) in [6.45, 7) is 2.09. The van der Waals surface area contributed by atoms with E-state index in [0.717, 1.165) is 18.4 Å². The molecule has 0 spiro atoms. The van der Waals surface area contributed by atoms with Crippen molar-refractivity contribution < 1.29 is 33.3 Å². The molecule has 1 unspecified atom stereocenters. The first-order valence-electron chi connectivity index (χ1n) is 5.86. The molecular weight excluding hydrogens is 373 g/mol. The van der Waals surface area contributed by atoms with Crippen molar-refractivity contribution in [1.82, 2.24) is 4.72 Å². The van der Waals surface area contributed by atoms with Crippen LogP contribution in [-0.2, 0) is 17.5 Å². The summed E-state index contributed by atoms with van der Waals surface area (Å²) in [5, 5.41) is 0. The fraction of sp³-hybridized carbons (Fsp3) is 0.385. The topological polar surface area (TPSA) is 37.5 Å². The summed E-state index contributed by atoms with van der Waals surface area (Å²) in [7, 11) is 1.98. The lowest BCUT2D eigenvalue weighted by Crippen LogP contribution is -3.00. The van der Waals surface area contributed by atoms with E-state index >= 15 is 0 Å². The second kappa shape index (κ2) is 7.72. The molecule has 1 atom stereocenters. The van der Waals surface area contributed by atoms with Crippen molar-refractivity contribution in [2.45, 2.75) is 25.5 Å². The summed E-state index contributed by atoms with van der Waals surface area (Å²) in [6.07, 6.45) is 10.3. The summed E-state index contributed by atoms with van der Waals surface area (Å²) in [5.74, 6) is 2.98. The van der Waals surface area contributed by atoms with E-state index in [1.807, 2.05) is 36.1 Å². The Morgan fingerprint density at radius 2 is 2.21 bits per heavy atom. The van der Waals surface area contributed by atoms with E-state index in [0.29, 0.717) is 0 Å². The van der Waals surface area contributed by atoms with Crippen LogP contribution in [0.1, 0.15) is 25.3 Å². The van der Waals surface area contributed by atoms with Crippen molar-refractivity contribution in [2.24, 2.45) is 11.4 Å². The predicted molar refractivity (Wildman–Crippen MR) is 72.3 cm³/mol. The molecule has 0 amide bonds. The van der Waals surface area contributed by atoms with Gasteiger partial charge < -0.3 is 28.7 Å². The number of hydrogen-bond acceptors (Lipinski definition) is 4. The number of rotatable bonds is 3. The van der Waals surface area contributed by atoms with Crippen molar-refractivity contribution in [1.29, 1.82) is 0 Å². The molecule has 0 radical (unpaired) electrons. The first-order valence-corrected chi connectivity index (χ1v) is 6.63. The molecule has 19 heavy (non-hydrogen) atoms. The normalized spacial score (nSPS) is 20.3. The third-order valence-electron chi connectivity index (χ3n) is 2.55. The summed E-state index contributed by atoms with van der Waals surface area (Å²) < 4.78 is 14.9. The summed E-state index contributed by atoms with van der Waals surface area (Å²) in [4.78, 5) is 0. The average Bonchev–Trinajstić information content (AvgIpc) is 2.85. The van der Waals surface area contributed by atoms with Gasteiger partial charge in [-0.2, -0.15) is 4.72 Å². The second-order valence-electron chi connectivity index (χ2n) is 4.05. The van der Waals surface area contributed by atoms with Crippen LogP contribution in [-0.4, -0.2) is 6.21 Å². The monoisotopic (exact) mass is 389 g/mol. The molecule has 102 valence electrons. The van der Waals surface area contributed by atoms with Crippen LogP contribution < -0.4 is 33.3 Å². The van der Waals surface area contributed by atoms with Crippen LogP contribution in [0.4, 0.5) is 0 Å². The first kappa shape index (κ1) is 16.3. The van der Waals surface area contributed by atoms with E-state index in [2.05, 4.69) is 28.1 Å². The van der Waals surface area contributed by atoms with Gasteiger partial charge in [-0.3, -0.25) is 0 Å². The van der Waals surface area contributed by atoms with Gasteiger partial charge >= 0.3 is 0 Å². The molecule has 1 aliphatic rings. The smallest absolute Gasteiger partial charge is 0.245 e. The quantitative estimate of drug-likeness (QED) is 0.302. The molecule has 0 saturated carbocycles. The first-order chi connectivity index (χ1) is 8.77. The van der Waals surface area contributed by atoms with Crippen molar-refractivity contribution in [3.8, 4) is 12.0 Å². The molecule has 0 aromatic carbocycles. The van der Waals surface area contributed by atoms with Crippen LogP contribution in [0.15, 0.2) is 28.9 Å². The van der Waals surface area contributed by atoms with Crippen LogP contribution in [0, 0.1) is 12.0 Å². The van der Waals surface area contributed by atoms with Crippen molar-refractivity contribution in [3.05, 3.63) is 30.1 Å². The maximum absolute atomic E-state index is 5.67. The van der Waals surface area contributed by atoms with Gasteiger partial charge in [0.05, 0.1) is 18.3 Å². The number of nitrogens with one attached hydrogen (secondary N) is 1. The lowest BCUT2D eigenvalue weighted by molar-refractivity contribution is -0.671. The third-order valence-corrected chi connectivity index (χ3v) is 3.16. The number of aryl methyl sites for hydroxylation is 1. The van der Waals surface area contributed by atoms with E-state index in [1.54, 1.807) is 6.21 Å². The Hall–Kier alpha value is -0.780. The molecule has 0 fully saturated rings. The summed E-state index contributed by atoms with van der Waals surface area (Å²) in [6, 6.07) is 3.98. The van der Waals surface area contributed by atoms with Crippen molar-refractivity contribution in [3.63, 3.8) is 0 Å². The summed E-state index contributed by atoms with van der Waals surface area (Å²) in [5.41, 5.74) is 0.250. The maximum atomic E-state index is 5.67. The maximum Gasteiger partial charge on any atom is 0.245 e. The van der Waals surface area contributed by atoms with Gasteiger partial charge in [0, 0.05) is 24.1 Å². The van der Waals surface area contributed by atoms with Crippen LogP contribution in [0.25, 0.3) is 0 Å². The highest BCUT2D eigenvalue weighted by molar-refractivity contribution is 7.96. The predicted octanol–water partition coefficient (Wildman–Crippen LogP) is -1.32. The minimum Gasteiger partial charge on any atom is -1.00 e. The SMILES string of the molecule is CCCC#COC1(c2cc[n+](C)cc2)C=NSN1.[I-]. The van der Waals surface area contributed by atoms with Crippen LogP contribution in [0.2, 0.25) is 0 Å². The highest BCUT2D eigenvalue weighted by Crippen LogP contribution is 2.27. The number of ether oxygens (including phenoxy) is 1. The number of unbranched alkanes of at least 4 members (excludes halogenated alkanes) is 1. The number of aromatic nitrogens is 1. The zero-order chi connectivity index (χ0) is 12.8. The van der Waals surface area contributed by atoms with Gasteiger partial charge in [-0.05, 0) is 6.42 Å². The summed E-state index contributed by atoms with van der Waals surface area (Å²) >= 11 is 1.26. The Morgan fingerprint density at radius 1 is 1.47 bits per heavy atom. The van der Waals surface area contributed by atoms with Gasteiger partial charge in [-0.1, -0.05) is 12.8 Å². The Bertz CT molecular complexity index is 495. The minimum absolute atomic E-state index is 0. The number of pyridine rings is 1. The second-order valence-corrected chi connectivity index (χ2v) is 4.64. The van der Waals surface area contributed by atoms with Crippen LogP contribution >= 0.6 is 12.1 Å². The number of halogens is 1. The largest absolute Gasteiger partial charge is 1.00 e. The molecule has 1 aromatic heterocycles. The lowest BCUT2D eigenvalue weighted by atomic mass is 10.1. The number of hydrogen-bond donors (Lipinski definition) is 1. The molecule has 0 saturated heterocycles. The van der Waals surface area contributed by atoms with E-state index in [1.165, 1.54) is 12.1 Å². The minimum atomic E-state index is -0.736. The molecule has 0 bridgehead atoms. The van der Waals surface area contributed by atoms with Crippen LogP contribution in [0.5, 0.6) is 0 Å². The van der Waals surface area contributed by atoms with Crippen molar-refractivity contribution in [2.75, 3.05) is 0 Å². The molecule has 1 aromatic rings. The number of nitrogens with zero attached hydrogens (tertiary/aromatic N) is 2. The molecule has 6 heteroatoms. The van der Waals surface area contributed by atoms with Gasteiger partial charge in [-0.15, -0.1) is 0 Å². The van der Waals surface area contributed by atoms with Crippen molar-refractivity contribution >= 4 is 18.3 Å². The van der Waals surface area contributed by atoms with E-state index in [4.69, 9.17) is 4.74 Å². The fourth-order valence-corrected chi connectivity index (χ4v) is 2.10. The van der Waals surface area contributed by atoms with E-state index < -0.39 is 5.72 Å². The zero-order valence-electron chi connectivity index (χ0n) is 10.9. The lowest BCUT2D eigenvalue weighted by Gasteiger charge is -2.22. The third kappa shape index (κ3) is 4.09. The van der Waals surface area contributed by atoms with Gasteiger partial charge in [0.15, 0.2) is 12.4 Å². The van der Waals surface area contributed by atoms with Gasteiger partial charge in [-0.25, -0.2) is 8.96 Å². The molecule has 4 nitrogen and oxygen atoms in total. The zero-order valence-corrected chi connectivity index (χ0v) is 13.9. The fourth-order valence-electron chi connectivity index (χ4n) is 1.50. The Labute approximate surface area is 135 Å². The van der Waals surface area contributed by atoms with Gasteiger partial charge in [0.2, 0.25) is 5.72 Å².